The van der Waals surface area contributed by atoms with Crippen LogP contribution in [-0.2, 0) is 0 Å². The van der Waals surface area contributed by atoms with Crippen molar-refractivity contribution in [2.24, 2.45) is 0 Å². The molecule has 158 valence electrons. The van der Waals surface area contributed by atoms with Crippen molar-refractivity contribution in [3.63, 3.8) is 0 Å². The molecule has 0 spiro atoms. The van der Waals surface area contributed by atoms with E-state index in [1.807, 2.05) is 25.1 Å². The van der Waals surface area contributed by atoms with E-state index in [1.165, 1.54) is 0 Å². The van der Waals surface area contributed by atoms with Crippen LogP contribution in [0.5, 0.6) is 5.75 Å². The largest absolute Gasteiger partial charge is 0.490 e. The van der Waals surface area contributed by atoms with Crippen LogP contribution in [0.4, 0.5) is 5.82 Å². The van der Waals surface area contributed by atoms with Gasteiger partial charge in [-0.2, -0.15) is 10.5 Å². The molecule has 2 N–H and O–H groups in total. The number of carbonyl (C=O) groups excluding carboxylic acids is 1. The molecule has 3 rings (SSSR count). The molecule has 0 atom stereocenters. The van der Waals surface area contributed by atoms with E-state index in [9.17, 15) is 15.3 Å². The molecule has 0 aliphatic carbocycles. The van der Waals surface area contributed by atoms with Crippen molar-refractivity contribution in [1.82, 2.24) is 4.98 Å². The van der Waals surface area contributed by atoms with Gasteiger partial charge in [-0.1, -0.05) is 66.4 Å². The SMILES string of the molecule is C=CCOc1ccc(-c2c(C#N)c(N)nc(SCC(=O)c3ccc(C)cc3)c2C#N)cc1. The third-order valence-corrected chi connectivity index (χ3v) is 5.62. The van der Waals surface area contributed by atoms with E-state index in [0.717, 1.165) is 17.3 Å². The number of carbonyl (C=O) groups is 1. The normalized spacial score (nSPS) is 10.1. The molecule has 2 aromatic carbocycles. The summed E-state index contributed by atoms with van der Waals surface area (Å²) in [6, 6.07) is 18.5. The molecule has 0 unspecified atom stereocenters. The van der Waals surface area contributed by atoms with Gasteiger partial charge in [0, 0.05) is 11.1 Å². The highest BCUT2D eigenvalue weighted by Crippen LogP contribution is 2.36. The lowest BCUT2D eigenvalue weighted by atomic mass is 9.97. The predicted molar refractivity (Wildman–Crippen MR) is 125 cm³/mol. The third kappa shape index (κ3) is 4.97. The van der Waals surface area contributed by atoms with Gasteiger partial charge in [0.2, 0.25) is 0 Å². The van der Waals surface area contributed by atoms with E-state index in [2.05, 4.69) is 17.6 Å². The Balaban J connectivity index is 1.96. The summed E-state index contributed by atoms with van der Waals surface area (Å²) in [6.45, 7) is 5.93. The molecule has 3 aromatic rings. The first kappa shape index (κ1) is 22.6. The third-order valence-electron chi connectivity index (χ3n) is 4.64. The summed E-state index contributed by atoms with van der Waals surface area (Å²) in [7, 11) is 0. The Kier molecular flexibility index (Phi) is 7.28. The van der Waals surface area contributed by atoms with Crippen LogP contribution in [0.3, 0.4) is 0 Å². The van der Waals surface area contributed by atoms with E-state index in [-0.39, 0.29) is 28.5 Å². The maximum Gasteiger partial charge on any atom is 0.173 e. The number of nitrogens with zero attached hydrogens (tertiary/aromatic N) is 3. The Morgan fingerprint density at radius 3 is 2.38 bits per heavy atom. The summed E-state index contributed by atoms with van der Waals surface area (Å²) in [4.78, 5) is 16.8. The first-order valence-electron chi connectivity index (χ1n) is 9.69. The molecule has 0 aliphatic heterocycles. The molecule has 1 aromatic heterocycles. The fourth-order valence-electron chi connectivity index (χ4n) is 3.02. The first-order chi connectivity index (χ1) is 15.5. The number of pyridine rings is 1. The highest BCUT2D eigenvalue weighted by molar-refractivity contribution is 8.00. The number of rotatable bonds is 8. The Bertz CT molecular complexity index is 1240. The van der Waals surface area contributed by atoms with Gasteiger partial charge in [-0.05, 0) is 24.6 Å². The number of anilines is 1. The number of nitrogens with two attached hydrogens (primary N) is 1. The Morgan fingerprint density at radius 2 is 1.78 bits per heavy atom. The summed E-state index contributed by atoms with van der Waals surface area (Å²) < 4.78 is 5.49. The van der Waals surface area contributed by atoms with Gasteiger partial charge in [0.25, 0.3) is 0 Å². The number of benzene rings is 2. The average Bonchev–Trinajstić information content (AvgIpc) is 2.81. The highest BCUT2D eigenvalue weighted by atomic mass is 32.2. The predicted octanol–water partition coefficient (Wildman–Crippen LogP) is 4.92. The molecule has 0 saturated heterocycles. The summed E-state index contributed by atoms with van der Waals surface area (Å²) in [5.41, 5.74) is 9.04. The minimum absolute atomic E-state index is 0.0127. The molecule has 0 fully saturated rings. The molecule has 0 amide bonds. The number of Topliss-reactive ketones (excluding diaryl/α,β-unsaturated/α-hetero) is 1. The topological polar surface area (TPSA) is 113 Å². The molecule has 0 saturated carbocycles. The minimum Gasteiger partial charge on any atom is -0.490 e. The van der Waals surface area contributed by atoms with Crippen LogP contribution in [0, 0.1) is 29.6 Å². The second-order valence-electron chi connectivity index (χ2n) is 6.85. The lowest BCUT2D eigenvalue weighted by Gasteiger charge is -2.13. The fourth-order valence-corrected chi connectivity index (χ4v) is 3.91. The zero-order valence-electron chi connectivity index (χ0n) is 17.5. The van der Waals surface area contributed by atoms with Crippen LogP contribution in [0.15, 0.2) is 66.2 Å². The monoisotopic (exact) mass is 440 g/mol. The van der Waals surface area contributed by atoms with Crippen molar-refractivity contribution < 1.29 is 9.53 Å². The Labute approximate surface area is 191 Å². The number of aromatic nitrogens is 1. The number of hydrogen-bond donors (Lipinski definition) is 1. The van der Waals surface area contributed by atoms with Crippen LogP contribution in [0.1, 0.15) is 27.0 Å². The molecule has 0 radical (unpaired) electrons. The van der Waals surface area contributed by atoms with Gasteiger partial charge in [0.1, 0.15) is 40.9 Å². The maximum atomic E-state index is 12.6. The lowest BCUT2D eigenvalue weighted by Crippen LogP contribution is -2.06. The standard InChI is InChI=1S/C25H20N4O2S/c1-3-12-31-19-10-8-18(9-11-19)23-20(13-26)24(28)29-25(21(23)14-27)32-15-22(30)17-6-4-16(2)5-7-17/h3-11H,1,12,15H2,2H3,(H2,28,29). The lowest BCUT2D eigenvalue weighted by molar-refractivity contribution is 0.102. The zero-order valence-corrected chi connectivity index (χ0v) is 18.3. The number of ketones is 1. The van der Waals surface area contributed by atoms with E-state index in [4.69, 9.17) is 10.5 Å². The van der Waals surface area contributed by atoms with Gasteiger partial charge in [0.15, 0.2) is 5.78 Å². The van der Waals surface area contributed by atoms with Crippen molar-refractivity contribution in [3.05, 3.63) is 83.4 Å². The molecule has 1 heterocycles. The number of aryl methyl sites for hydroxylation is 1. The van der Waals surface area contributed by atoms with E-state index in [0.29, 0.717) is 34.1 Å². The number of thioether (sulfide) groups is 1. The summed E-state index contributed by atoms with van der Waals surface area (Å²) >= 11 is 1.13. The summed E-state index contributed by atoms with van der Waals surface area (Å²) in [5.74, 6) is 0.641. The summed E-state index contributed by atoms with van der Waals surface area (Å²) in [5, 5.41) is 19.8. The van der Waals surface area contributed by atoms with Crippen molar-refractivity contribution in [3.8, 4) is 29.0 Å². The van der Waals surface area contributed by atoms with Gasteiger partial charge in [-0.3, -0.25) is 4.79 Å². The average molecular weight is 441 g/mol. The maximum absolute atomic E-state index is 12.6. The van der Waals surface area contributed by atoms with Gasteiger partial charge in [-0.25, -0.2) is 4.98 Å². The van der Waals surface area contributed by atoms with Crippen molar-refractivity contribution in [1.29, 1.82) is 10.5 Å². The van der Waals surface area contributed by atoms with E-state index in [1.54, 1.807) is 42.5 Å². The molecule has 7 heteroatoms. The molecule has 0 aliphatic rings. The van der Waals surface area contributed by atoms with Gasteiger partial charge in [0.05, 0.1) is 11.3 Å². The van der Waals surface area contributed by atoms with Crippen LogP contribution in [0.2, 0.25) is 0 Å². The Hall–Kier alpha value is -4.07. The van der Waals surface area contributed by atoms with Gasteiger partial charge < -0.3 is 10.5 Å². The first-order valence-corrected chi connectivity index (χ1v) is 10.7. The minimum atomic E-state index is -0.0890. The van der Waals surface area contributed by atoms with E-state index >= 15 is 0 Å². The van der Waals surface area contributed by atoms with Gasteiger partial charge in [-0.15, -0.1) is 0 Å². The molecule has 0 bridgehead atoms. The highest BCUT2D eigenvalue weighted by Gasteiger charge is 2.21. The molecule has 32 heavy (non-hydrogen) atoms. The molecular weight excluding hydrogens is 420 g/mol. The number of nitriles is 2. The molecular formula is C25H20N4O2S. The van der Waals surface area contributed by atoms with Crippen molar-refractivity contribution in [2.45, 2.75) is 11.9 Å². The number of ether oxygens (including phenoxy) is 1. The summed E-state index contributed by atoms with van der Waals surface area (Å²) in [6.07, 6.45) is 1.64. The number of hydrogen-bond acceptors (Lipinski definition) is 7. The van der Waals surface area contributed by atoms with Crippen LogP contribution >= 0.6 is 11.8 Å². The van der Waals surface area contributed by atoms with Crippen LogP contribution in [-0.4, -0.2) is 23.1 Å². The smallest absolute Gasteiger partial charge is 0.173 e. The number of nitrogen functional groups attached to an aromatic ring is 1. The second-order valence-corrected chi connectivity index (χ2v) is 7.82. The zero-order chi connectivity index (χ0) is 23.1. The van der Waals surface area contributed by atoms with Crippen molar-refractivity contribution in [2.75, 3.05) is 18.1 Å². The quantitative estimate of drug-likeness (QED) is 0.300. The van der Waals surface area contributed by atoms with Crippen molar-refractivity contribution >= 4 is 23.4 Å². The Morgan fingerprint density at radius 1 is 1.12 bits per heavy atom. The second kappa shape index (κ2) is 10.3. The fraction of sp³-hybridized carbons (Fsp3) is 0.120. The van der Waals surface area contributed by atoms with Gasteiger partial charge >= 0.3 is 0 Å². The van der Waals surface area contributed by atoms with Crippen LogP contribution in [0.25, 0.3) is 11.1 Å². The molecule has 6 nitrogen and oxygen atoms in total. The van der Waals surface area contributed by atoms with Crippen LogP contribution < -0.4 is 10.5 Å². The van der Waals surface area contributed by atoms with E-state index < -0.39 is 0 Å².